The minimum Gasteiger partial charge on any atom is -0.277 e. The van der Waals surface area contributed by atoms with Gasteiger partial charge in [-0.15, -0.1) is 0 Å². The molecule has 0 fully saturated rings. The highest BCUT2D eigenvalue weighted by Gasteiger charge is 1.68. The first-order chi connectivity index (χ1) is 2.41. The maximum absolute atomic E-state index is 9.24. The first-order valence-corrected chi connectivity index (χ1v) is 2.39. The van der Waals surface area contributed by atoms with Gasteiger partial charge in [-0.1, -0.05) is 18.7 Å². The second kappa shape index (κ2) is 4.02. The molecule has 0 aromatic carbocycles. The molecule has 0 spiro atoms. The lowest BCUT2D eigenvalue weighted by Crippen LogP contribution is -1.60. The summed E-state index contributed by atoms with van der Waals surface area (Å²) in [7, 11) is 0. The summed E-state index contributed by atoms with van der Waals surface area (Å²) >= 11 is 1.16. The lowest BCUT2D eigenvalue weighted by Gasteiger charge is -1.67. The van der Waals surface area contributed by atoms with Crippen molar-refractivity contribution in [1.29, 1.82) is 0 Å². The summed E-state index contributed by atoms with van der Waals surface area (Å²) in [6.07, 6.45) is 0. The molecule has 0 aliphatic heterocycles. The SMILES string of the molecule is CCS[C]=O. The van der Waals surface area contributed by atoms with E-state index in [1.807, 2.05) is 6.92 Å². The fourth-order valence-electron chi connectivity index (χ4n) is 0.0589. The Morgan fingerprint density at radius 3 is 2.60 bits per heavy atom. The minimum atomic E-state index is 0.837. The molecule has 0 aliphatic carbocycles. The topological polar surface area (TPSA) is 17.1 Å². The molecule has 0 aromatic rings. The van der Waals surface area contributed by atoms with E-state index in [-0.39, 0.29) is 0 Å². The molecule has 0 aromatic heterocycles. The Morgan fingerprint density at radius 1 is 2.00 bits per heavy atom. The van der Waals surface area contributed by atoms with Gasteiger partial charge in [-0.25, -0.2) is 0 Å². The third-order valence-corrected chi connectivity index (χ3v) is 0.610. The zero-order valence-corrected chi connectivity index (χ0v) is 3.84. The van der Waals surface area contributed by atoms with Crippen molar-refractivity contribution in [3.05, 3.63) is 0 Å². The first-order valence-electron chi connectivity index (χ1n) is 1.40. The summed E-state index contributed by atoms with van der Waals surface area (Å²) in [5, 5.41) is 0. The fourth-order valence-corrected chi connectivity index (χ4v) is 0.177. The highest BCUT2D eigenvalue weighted by atomic mass is 32.2. The number of thioether (sulfide) groups is 1. The molecule has 0 N–H and O–H groups in total. The molecule has 0 aliphatic rings. The van der Waals surface area contributed by atoms with Gasteiger partial charge < -0.3 is 0 Å². The summed E-state index contributed by atoms with van der Waals surface area (Å²) < 4.78 is 0. The number of hydrogen-bond donors (Lipinski definition) is 0. The number of carbonyl (C=O) groups excluding carboxylic acids is 1. The predicted octanol–water partition coefficient (Wildman–Crippen LogP) is 0.807. The molecule has 0 rings (SSSR count). The number of rotatable bonds is 2. The van der Waals surface area contributed by atoms with Crippen LogP contribution in [0.5, 0.6) is 0 Å². The lowest BCUT2D eigenvalue weighted by molar-refractivity contribution is 0.570. The van der Waals surface area contributed by atoms with Crippen LogP contribution in [-0.4, -0.2) is 11.4 Å². The van der Waals surface area contributed by atoms with Gasteiger partial charge in [-0.2, -0.15) is 0 Å². The summed E-state index contributed by atoms with van der Waals surface area (Å²) in [5.41, 5.74) is 1.68. The maximum Gasteiger partial charge on any atom is 0.266 e. The van der Waals surface area contributed by atoms with Crippen molar-refractivity contribution < 1.29 is 4.79 Å². The highest BCUT2D eigenvalue weighted by Crippen LogP contribution is 1.86. The maximum atomic E-state index is 9.24. The molecule has 1 radical (unpaired) electrons. The van der Waals surface area contributed by atoms with E-state index in [1.54, 1.807) is 5.62 Å². The summed E-state index contributed by atoms with van der Waals surface area (Å²) in [4.78, 5) is 9.24. The molecule has 0 atom stereocenters. The summed E-state index contributed by atoms with van der Waals surface area (Å²) in [6, 6.07) is 0. The zero-order chi connectivity index (χ0) is 4.12. The van der Waals surface area contributed by atoms with Crippen LogP contribution < -0.4 is 0 Å². The highest BCUT2D eigenvalue weighted by molar-refractivity contribution is 8.11. The average molecular weight is 89.1 g/mol. The Kier molecular flexibility index (Phi) is 4.04. The third kappa shape index (κ3) is 4.02. The summed E-state index contributed by atoms with van der Waals surface area (Å²) in [6.45, 7) is 1.91. The van der Waals surface area contributed by atoms with Crippen LogP contribution in [0.2, 0.25) is 0 Å². The Hall–Kier alpha value is 0.0200. The van der Waals surface area contributed by atoms with Crippen LogP contribution in [0.4, 0.5) is 0 Å². The monoisotopic (exact) mass is 89.0 g/mol. The van der Waals surface area contributed by atoms with Gasteiger partial charge in [0, 0.05) is 0 Å². The van der Waals surface area contributed by atoms with Crippen LogP contribution in [0.3, 0.4) is 0 Å². The molecular weight excluding hydrogens is 84.1 g/mol. The molecule has 0 unspecified atom stereocenters. The molecule has 0 heterocycles. The second-order valence-electron chi connectivity index (χ2n) is 0.516. The van der Waals surface area contributed by atoms with Gasteiger partial charge >= 0.3 is 0 Å². The minimum absolute atomic E-state index is 0.837. The molecule has 0 saturated heterocycles. The van der Waals surface area contributed by atoms with Gasteiger partial charge in [0.1, 0.15) is 0 Å². The average Bonchev–Trinajstić information content (AvgIpc) is 1.41. The van der Waals surface area contributed by atoms with Gasteiger partial charge in [-0.3, -0.25) is 4.79 Å². The molecule has 5 heavy (non-hydrogen) atoms. The van der Waals surface area contributed by atoms with Crippen molar-refractivity contribution in [3.8, 4) is 0 Å². The Balaban J connectivity index is 2.40. The molecular formula is C3H5OS. The van der Waals surface area contributed by atoms with Crippen LogP contribution >= 0.6 is 11.8 Å². The standard InChI is InChI=1S/C3H5OS/c1-2-5-3-4/h2H2,1H3. The quantitative estimate of drug-likeness (QED) is 0.498. The molecule has 0 saturated carbocycles. The predicted molar refractivity (Wildman–Crippen MR) is 23.8 cm³/mol. The van der Waals surface area contributed by atoms with Gasteiger partial charge in [0.25, 0.3) is 5.62 Å². The Labute approximate surface area is 35.8 Å². The normalized spacial score (nSPS) is 7.40. The molecule has 2 heteroatoms. The van der Waals surface area contributed by atoms with E-state index >= 15 is 0 Å². The Morgan fingerprint density at radius 2 is 2.60 bits per heavy atom. The first kappa shape index (κ1) is 5.02. The molecule has 0 bridgehead atoms. The van der Waals surface area contributed by atoms with Gasteiger partial charge in [0.15, 0.2) is 0 Å². The molecule has 0 amide bonds. The Bertz CT molecular complexity index is 28.1. The van der Waals surface area contributed by atoms with E-state index in [1.165, 1.54) is 0 Å². The molecule has 29 valence electrons. The van der Waals surface area contributed by atoms with Crippen LogP contribution in [0, 0.1) is 0 Å². The van der Waals surface area contributed by atoms with Crippen molar-refractivity contribution in [2.45, 2.75) is 6.92 Å². The van der Waals surface area contributed by atoms with Gasteiger partial charge in [0.2, 0.25) is 0 Å². The van der Waals surface area contributed by atoms with E-state index in [4.69, 9.17) is 0 Å². The molecule has 1 nitrogen and oxygen atoms in total. The van der Waals surface area contributed by atoms with Crippen molar-refractivity contribution >= 4 is 17.4 Å². The van der Waals surface area contributed by atoms with E-state index < -0.39 is 0 Å². The van der Waals surface area contributed by atoms with Crippen LogP contribution in [0.15, 0.2) is 0 Å². The van der Waals surface area contributed by atoms with E-state index in [0.717, 1.165) is 17.5 Å². The fraction of sp³-hybridized carbons (Fsp3) is 0.667. The van der Waals surface area contributed by atoms with Crippen molar-refractivity contribution in [1.82, 2.24) is 0 Å². The van der Waals surface area contributed by atoms with E-state index in [9.17, 15) is 4.79 Å². The van der Waals surface area contributed by atoms with Crippen molar-refractivity contribution in [3.63, 3.8) is 0 Å². The third-order valence-electron chi connectivity index (χ3n) is 0.203. The van der Waals surface area contributed by atoms with Crippen molar-refractivity contribution in [2.75, 3.05) is 5.75 Å². The lowest BCUT2D eigenvalue weighted by atomic mass is 11.0. The van der Waals surface area contributed by atoms with Gasteiger partial charge in [-0.05, 0) is 5.75 Å². The second-order valence-corrected chi connectivity index (χ2v) is 1.55. The van der Waals surface area contributed by atoms with Crippen LogP contribution in [0.1, 0.15) is 6.92 Å². The largest absolute Gasteiger partial charge is 0.277 e. The van der Waals surface area contributed by atoms with Crippen LogP contribution in [0.25, 0.3) is 0 Å². The van der Waals surface area contributed by atoms with E-state index in [0.29, 0.717) is 0 Å². The van der Waals surface area contributed by atoms with Gasteiger partial charge in [0.05, 0.1) is 0 Å². The van der Waals surface area contributed by atoms with Crippen molar-refractivity contribution in [2.24, 2.45) is 0 Å². The van der Waals surface area contributed by atoms with E-state index in [2.05, 4.69) is 0 Å². The van der Waals surface area contributed by atoms with Crippen LogP contribution in [-0.2, 0) is 4.79 Å². The summed E-state index contributed by atoms with van der Waals surface area (Å²) in [5.74, 6) is 0.837. The number of hydrogen-bond acceptors (Lipinski definition) is 2. The smallest absolute Gasteiger partial charge is 0.266 e. The zero-order valence-electron chi connectivity index (χ0n) is 3.02.